The van der Waals surface area contributed by atoms with Gasteiger partial charge >= 0.3 is 0 Å². The summed E-state index contributed by atoms with van der Waals surface area (Å²) < 4.78 is 12.9. The van der Waals surface area contributed by atoms with Crippen molar-refractivity contribution in [2.45, 2.75) is 32.9 Å². The van der Waals surface area contributed by atoms with Crippen molar-refractivity contribution in [1.29, 1.82) is 0 Å². The first-order chi connectivity index (χ1) is 8.02. The van der Waals surface area contributed by atoms with E-state index in [1.807, 2.05) is 0 Å². The molecule has 0 saturated carbocycles. The number of hydrogen-bond acceptors (Lipinski definition) is 2. The van der Waals surface area contributed by atoms with Crippen LogP contribution in [0.3, 0.4) is 0 Å². The second kappa shape index (κ2) is 6.94. The normalized spacial score (nSPS) is 13.1. The van der Waals surface area contributed by atoms with E-state index >= 15 is 0 Å². The lowest BCUT2D eigenvalue weighted by Gasteiger charge is -2.18. The van der Waals surface area contributed by atoms with Crippen LogP contribution in [0.1, 0.15) is 25.8 Å². The highest BCUT2D eigenvalue weighted by Crippen LogP contribution is 2.16. The summed E-state index contributed by atoms with van der Waals surface area (Å²) in [4.78, 5) is 0. The zero-order valence-corrected chi connectivity index (χ0v) is 11.0. The maximum absolute atomic E-state index is 12.9. The van der Waals surface area contributed by atoms with Crippen LogP contribution < -0.4 is 5.32 Å². The Morgan fingerprint density at radius 1 is 1.41 bits per heavy atom. The van der Waals surface area contributed by atoms with Gasteiger partial charge in [0.1, 0.15) is 5.82 Å². The Morgan fingerprint density at radius 3 is 2.65 bits per heavy atom. The van der Waals surface area contributed by atoms with E-state index in [9.17, 15) is 9.50 Å². The van der Waals surface area contributed by atoms with E-state index in [1.54, 1.807) is 12.1 Å². The van der Waals surface area contributed by atoms with Crippen molar-refractivity contribution in [1.82, 2.24) is 5.32 Å². The maximum atomic E-state index is 12.9. The summed E-state index contributed by atoms with van der Waals surface area (Å²) in [5, 5.41) is 12.6. The van der Waals surface area contributed by atoms with E-state index < -0.39 is 5.82 Å². The fourth-order valence-electron chi connectivity index (χ4n) is 1.70. The van der Waals surface area contributed by atoms with Crippen molar-refractivity contribution in [3.8, 4) is 0 Å². The molecule has 2 nitrogen and oxygen atoms in total. The monoisotopic (exact) mass is 259 g/mol. The van der Waals surface area contributed by atoms with Gasteiger partial charge in [0, 0.05) is 12.6 Å². The summed E-state index contributed by atoms with van der Waals surface area (Å²) in [6.45, 7) is 4.91. The molecule has 1 rings (SSSR count). The Bertz CT molecular complexity index is 357. The fourth-order valence-corrected chi connectivity index (χ4v) is 1.91. The molecule has 0 radical (unpaired) electrons. The Morgan fingerprint density at radius 2 is 2.12 bits per heavy atom. The molecule has 96 valence electrons. The van der Waals surface area contributed by atoms with Gasteiger partial charge in [-0.15, -0.1) is 0 Å². The molecular weight excluding hydrogens is 241 g/mol. The van der Waals surface area contributed by atoms with Crippen LogP contribution in [0.5, 0.6) is 0 Å². The average Bonchev–Trinajstić information content (AvgIpc) is 2.28. The first-order valence-electron chi connectivity index (χ1n) is 5.81. The smallest absolute Gasteiger partial charge is 0.141 e. The van der Waals surface area contributed by atoms with Gasteiger partial charge in [-0.3, -0.25) is 0 Å². The predicted molar refractivity (Wildman–Crippen MR) is 68.6 cm³/mol. The molecular formula is C13H19ClFNO. The molecule has 1 atom stereocenters. The third-order valence-electron chi connectivity index (χ3n) is 2.56. The number of aliphatic hydroxyl groups is 1. The summed E-state index contributed by atoms with van der Waals surface area (Å²) in [5.41, 5.74) is 0.915. The number of nitrogens with one attached hydrogen (secondary N) is 1. The molecule has 0 spiro atoms. The largest absolute Gasteiger partial charge is 0.395 e. The van der Waals surface area contributed by atoms with E-state index in [-0.39, 0.29) is 17.7 Å². The van der Waals surface area contributed by atoms with Crippen molar-refractivity contribution < 1.29 is 9.50 Å². The van der Waals surface area contributed by atoms with Crippen LogP contribution in [-0.2, 0) is 6.54 Å². The van der Waals surface area contributed by atoms with Crippen LogP contribution in [0.4, 0.5) is 4.39 Å². The minimum atomic E-state index is -0.406. The van der Waals surface area contributed by atoms with Crippen LogP contribution in [0.15, 0.2) is 18.2 Å². The maximum Gasteiger partial charge on any atom is 0.141 e. The molecule has 0 aliphatic rings. The van der Waals surface area contributed by atoms with Crippen LogP contribution in [0.25, 0.3) is 0 Å². The number of rotatable bonds is 6. The molecule has 1 aromatic rings. The van der Waals surface area contributed by atoms with Crippen molar-refractivity contribution in [2.75, 3.05) is 6.61 Å². The zero-order chi connectivity index (χ0) is 12.8. The second-order valence-electron chi connectivity index (χ2n) is 4.64. The van der Waals surface area contributed by atoms with Gasteiger partial charge in [-0.2, -0.15) is 0 Å². The molecule has 0 heterocycles. The van der Waals surface area contributed by atoms with E-state index in [0.29, 0.717) is 12.5 Å². The highest BCUT2D eigenvalue weighted by atomic mass is 35.5. The van der Waals surface area contributed by atoms with E-state index in [1.165, 1.54) is 6.07 Å². The fraction of sp³-hybridized carbons (Fsp3) is 0.538. The van der Waals surface area contributed by atoms with Crippen LogP contribution in [0, 0.1) is 11.7 Å². The summed E-state index contributed by atoms with van der Waals surface area (Å²) in [7, 11) is 0. The molecule has 0 aliphatic carbocycles. The van der Waals surface area contributed by atoms with Crippen LogP contribution in [0.2, 0.25) is 5.02 Å². The van der Waals surface area contributed by atoms with Gasteiger partial charge < -0.3 is 10.4 Å². The Labute approximate surface area is 107 Å². The highest BCUT2D eigenvalue weighted by molar-refractivity contribution is 6.30. The third kappa shape index (κ3) is 5.02. The molecule has 1 aromatic carbocycles. The Kier molecular flexibility index (Phi) is 5.89. The molecule has 0 bridgehead atoms. The molecule has 1 unspecified atom stereocenters. The molecule has 0 saturated heterocycles. The molecule has 0 amide bonds. The number of hydrogen-bond donors (Lipinski definition) is 2. The van der Waals surface area contributed by atoms with Crippen LogP contribution >= 0.6 is 11.6 Å². The zero-order valence-electron chi connectivity index (χ0n) is 10.2. The summed E-state index contributed by atoms with van der Waals surface area (Å²) >= 11 is 5.70. The van der Waals surface area contributed by atoms with Gasteiger partial charge in [0.05, 0.1) is 11.6 Å². The Hall–Kier alpha value is -0.640. The molecule has 0 aliphatic heterocycles. The molecule has 17 heavy (non-hydrogen) atoms. The lowest BCUT2D eigenvalue weighted by atomic mass is 10.0. The lowest BCUT2D eigenvalue weighted by Crippen LogP contribution is -2.33. The first-order valence-corrected chi connectivity index (χ1v) is 6.19. The van der Waals surface area contributed by atoms with Crippen molar-refractivity contribution in [3.63, 3.8) is 0 Å². The first kappa shape index (κ1) is 14.4. The molecule has 4 heteroatoms. The predicted octanol–water partition coefficient (Wildman–Crippen LogP) is 2.98. The topological polar surface area (TPSA) is 32.3 Å². The molecule has 0 fully saturated rings. The third-order valence-corrected chi connectivity index (χ3v) is 2.84. The summed E-state index contributed by atoms with van der Waals surface area (Å²) in [5.74, 6) is 0.118. The van der Waals surface area contributed by atoms with Gasteiger partial charge in [0.2, 0.25) is 0 Å². The average molecular weight is 260 g/mol. The second-order valence-corrected chi connectivity index (χ2v) is 5.05. The number of halogens is 2. The summed E-state index contributed by atoms with van der Waals surface area (Å²) in [6, 6.07) is 4.72. The standard InChI is InChI=1S/C13H19ClFNO/c1-9(2)5-11(8-17)16-7-10-3-4-13(15)12(14)6-10/h3-4,6,9,11,16-17H,5,7-8H2,1-2H3. The molecule has 0 aromatic heterocycles. The Balaban J connectivity index is 2.50. The van der Waals surface area contributed by atoms with E-state index in [0.717, 1.165) is 12.0 Å². The van der Waals surface area contributed by atoms with E-state index in [4.69, 9.17) is 11.6 Å². The lowest BCUT2D eigenvalue weighted by molar-refractivity contribution is 0.223. The minimum Gasteiger partial charge on any atom is -0.395 e. The highest BCUT2D eigenvalue weighted by Gasteiger charge is 2.09. The van der Waals surface area contributed by atoms with Gasteiger partial charge in [-0.25, -0.2) is 4.39 Å². The van der Waals surface area contributed by atoms with Crippen molar-refractivity contribution in [2.24, 2.45) is 5.92 Å². The van der Waals surface area contributed by atoms with Crippen LogP contribution in [-0.4, -0.2) is 17.8 Å². The SMILES string of the molecule is CC(C)CC(CO)NCc1ccc(F)c(Cl)c1. The van der Waals surface area contributed by atoms with E-state index in [2.05, 4.69) is 19.2 Å². The van der Waals surface area contributed by atoms with Crippen molar-refractivity contribution in [3.05, 3.63) is 34.6 Å². The van der Waals surface area contributed by atoms with Gasteiger partial charge in [-0.1, -0.05) is 31.5 Å². The van der Waals surface area contributed by atoms with Gasteiger partial charge in [0.15, 0.2) is 0 Å². The molecule has 2 N–H and O–H groups in total. The number of aliphatic hydroxyl groups excluding tert-OH is 1. The van der Waals surface area contributed by atoms with Crippen molar-refractivity contribution >= 4 is 11.6 Å². The number of benzene rings is 1. The van der Waals surface area contributed by atoms with Gasteiger partial charge in [0.25, 0.3) is 0 Å². The minimum absolute atomic E-state index is 0.0684. The van der Waals surface area contributed by atoms with Gasteiger partial charge in [-0.05, 0) is 30.0 Å². The summed E-state index contributed by atoms with van der Waals surface area (Å²) in [6.07, 6.45) is 0.908. The quantitative estimate of drug-likeness (QED) is 0.823.